The van der Waals surface area contributed by atoms with Crippen LogP contribution in [0.1, 0.15) is 43.9 Å². The number of likely N-dealkylation sites (N-methyl/N-ethyl adjacent to an activating group) is 1. The number of carbonyl (C=O) groups is 1. The Morgan fingerprint density at radius 1 is 1.30 bits per heavy atom. The van der Waals surface area contributed by atoms with E-state index < -0.39 is 0 Å². The van der Waals surface area contributed by atoms with Gasteiger partial charge in [-0.25, -0.2) is 0 Å². The van der Waals surface area contributed by atoms with E-state index in [9.17, 15) is 4.79 Å². The average Bonchev–Trinajstić information content (AvgIpc) is 2.87. The Bertz CT molecular complexity index is 625. The van der Waals surface area contributed by atoms with Gasteiger partial charge in [-0.15, -0.1) is 0 Å². The Kier molecular flexibility index (Phi) is 3.51. The molecule has 1 unspecified atom stereocenters. The molecule has 1 N–H and O–H groups in total. The van der Waals surface area contributed by atoms with E-state index in [0.717, 1.165) is 43.6 Å². The molecule has 1 aromatic carbocycles. The molecule has 3 rings (SSSR count). The topological polar surface area (TPSA) is 36.1 Å². The number of hydrogen-bond acceptors (Lipinski definition) is 1. The van der Waals surface area contributed by atoms with Crippen LogP contribution < -0.4 is 0 Å². The zero-order chi connectivity index (χ0) is 14.1. The zero-order valence-corrected chi connectivity index (χ0v) is 12.3. The van der Waals surface area contributed by atoms with Crippen LogP contribution in [0.25, 0.3) is 10.9 Å². The molecule has 0 spiro atoms. The highest BCUT2D eigenvalue weighted by atomic mass is 16.2. The van der Waals surface area contributed by atoms with Gasteiger partial charge in [-0.05, 0) is 44.7 Å². The van der Waals surface area contributed by atoms with Crippen molar-refractivity contribution in [2.24, 2.45) is 0 Å². The van der Waals surface area contributed by atoms with E-state index in [2.05, 4.69) is 37.0 Å². The minimum absolute atomic E-state index is 0.0195. The molecule has 106 valence electrons. The normalized spacial score (nSPS) is 18.0. The Balaban J connectivity index is 2.03. The van der Waals surface area contributed by atoms with Crippen LogP contribution in [0.15, 0.2) is 24.3 Å². The van der Waals surface area contributed by atoms with E-state index in [4.69, 9.17) is 0 Å². The fraction of sp³-hybridized carbons (Fsp3) is 0.471. The van der Waals surface area contributed by atoms with Gasteiger partial charge in [-0.2, -0.15) is 0 Å². The van der Waals surface area contributed by atoms with E-state index in [-0.39, 0.29) is 11.8 Å². The van der Waals surface area contributed by atoms with Crippen molar-refractivity contribution in [3.63, 3.8) is 0 Å². The fourth-order valence-corrected chi connectivity index (χ4v) is 3.42. The molecule has 3 nitrogen and oxygen atoms in total. The van der Waals surface area contributed by atoms with Gasteiger partial charge in [0, 0.05) is 29.7 Å². The lowest BCUT2D eigenvalue weighted by atomic mass is 9.86. The molecule has 0 saturated carbocycles. The third-order valence-electron chi connectivity index (χ3n) is 4.49. The van der Waals surface area contributed by atoms with Crippen LogP contribution >= 0.6 is 0 Å². The van der Waals surface area contributed by atoms with Gasteiger partial charge < -0.3 is 9.88 Å². The molecule has 0 saturated heterocycles. The Hall–Kier alpha value is -1.77. The maximum absolute atomic E-state index is 12.7. The van der Waals surface area contributed by atoms with Crippen molar-refractivity contribution >= 4 is 16.8 Å². The van der Waals surface area contributed by atoms with Gasteiger partial charge in [0.1, 0.15) is 0 Å². The SMILES string of the molecule is CCN(CC)C(=O)C1CCCc2c1[nH]c1ccccc21. The van der Waals surface area contributed by atoms with E-state index in [1.165, 1.54) is 10.9 Å². The maximum atomic E-state index is 12.7. The molecule has 0 radical (unpaired) electrons. The minimum Gasteiger partial charge on any atom is -0.357 e. The lowest BCUT2D eigenvalue weighted by Gasteiger charge is -2.28. The molecular weight excluding hydrogens is 248 g/mol. The highest BCUT2D eigenvalue weighted by Gasteiger charge is 2.31. The molecule has 0 fully saturated rings. The largest absolute Gasteiger partial charge is 0.357 e. The maximum Gasteiger partial charge on any atom is 0.231 e. The Morgan fingerprint density at radius 2 is 2.05 bits per heavy atom. The molecule has 1 aliphatic rings. The first-order chi connectivity index (χ1) is 9.76. The van der Waals surface area contributed by atoms with Gasteiger partial charge in [0.25, 0.3) is 0 Å². The number of aromatic nitrogens is 1. The van der Waals surface area contributed by atoms with Gasteiger partial charge >= 0.3 is 0 Å². The Labute approximate surface area is 120 Å². The molecule has 0 aliphatic heterocycles. The van der Waals surface area contributed by atoms with Crippen LogP contribution in [-0.2, 0) is 11.2 Å². The summed E-state index contributed by atoms with van der Waals surface area (Å²) in [4.78, 5) is 18.2. The van der Waals surface area contributed by atoms with Crippen LogP contribution in [0.5, 0.6) is 0 Å². The first kappa shape index (κ1) is 13.2. The van der Waals surface area contributed by atoms with Crippen LogP contribution in [-0.4, -0.2) is 28.9 Å². The van der Waals surface area contributed by atoms with Crippen molar-refractivity contribution in [3.05, 3.63) is 35.5 Å². The summed E-state index contributed by atoms with van der Waals surface area (Å²) in [6, 6.07) is 8.39. The molecule has 2 aromatic rings. The molecular formula is C17H22N2O. The lowest BCUT2D eigenvalue weighted by molar-refractivity contribution is -0.132. The van der Waals surface area contributed by atoms with Crippen molar-refractivity contribution in [3.8, 4) is 0 Å². The van der Waals surface area contributed by atoms with Gasteiger partial charge in [0.15, 0.2) is 0 Å². The summed E-state index contributed by atoms with van der Waals surface area (Å²) in [5.74, 6) is 0.300. The van der Waals surface area contributed by atoms with Crippen molar-refractivity contribution in [1.82, 2.24) is 9.88 Å². The summed E-state index contributed by atoms with van der Waals surface area (Å²) in [7, 11) is 0. The van der Waals surface area contributed by atoms with E-state index in [0.29, 0.717) is 0 Å². The van der Waals surface area contributed by atoms with Crippen LogP contribution in [0, 0.1) is 0 Å². The number of H-pyrrole nitrogens is 1. The number of benzene rings is 1. The summed E-state index contributed by atoms with van der Waals surface area (Å²) in [5, 5.41) is 1.29. The number of nitrogens with one attached hydrogen (secondary N) is 1. The Morgan fingerprint density at radius 3 is 2.80 bits per heavy atom. The standard InChI is InChI=1S/C17H22N2O/c1-3-19(4-2)17(20)14-10-7-9-13-12-8-5-6-11-15(12)18-16(13)14/h5-6,8,11,14,18H,3-4,7,9-10H2,1-2H3. The number of carbonyl (C=O) groups excluding carboxylic acids is 1. The summed E-state index contributed by atoms with van der Waals surface area (Å²) in [6.07, 6.45) is 3.16. The monoisotopic (exact) mass is 270 g/mol. The smallest absolute Gasteiger partial charge is 0.231 e. The molecule has 1 heterocycles. The second-order valence-corrected chi connectivity index (χ2v) is 5.52. The third-order valence-corrected chi connectivity index (χ3v) is 4.49. The fourth-order valence-electron chi connectivity index (χ4n) is 3.42. The number of para-hydroxylation sites is 1. The number of amides is 1. The molecule has 3 heteroatoms. The minimum atomic E-state index is 0.0195. The molecule has 1 amide bonds. The van der Waals surface area contributed by atoms with Crippen molar-refractivity contribution < 1.29 is 4.79 Å². The number of rotatable bonds is 3. The second-order valence-electron chi connectivity index (χ2n) is 5.52. The van der Waals surface area contributed by atoms with Crippen molar-refractivity contribution in [1.29, 1.82) is 0 Å². The number of nitrogens with zero attached hydrogens (tertiary/aromatic N) is 1. The van der Waals surface area contributed by atoms with E-state index >= 15 is 0 Å². The van der Waals surface area contributed by atoms with E-state index in [1.807, 2.05) is 11.0 Å². The van der Waals surface area contributed by atoms with Gasteiger partial charge in [-0.1, -0.05) is 18.2 Å². The lowest BCUT2D eigenvalue weighted by Crippen LogP contribution is -2.36. The molecule has 1 aliphatic carbocycles. The third kappa shape index (κ3) is 2.01. The number of aromatic amines is 1. The van der Waals surface area contributed by atoms with Crippen molar-refractivity contribution in [2.75, 3.05) is 13.1 Å². The van der Waals surface area contributed by atoms with Gasteiger partial charge in [-0.3, -0.25) is 4.79 Å². The number of hydrogen-bond donors (Lipinski definition) is 1. The molecule has 20 heavy (non-hydrogen) atoms. The van der Waals surface area contributed by atoms with Crippen LogP contribution in [0.2, 0.25) is 0 Å². The predicted octanol–water partition coefficient (Wildman–Crippen LogP) is 3.46. The molecule has 0 bridgehead atoms. The highest BCUT2D eigenvalue weighted by molar-refractivity contribution is 5.90. The van der Waals surface area contributed by atoms with E-state index in [1.54, 1.807) is 0 Å². The summed E-state index contributed by atoms with van der Waals surface area (Å²) in [5.41, 5.74) is 3.68. The van der Waals surface area contributed by atoms with Crippen LogP contribution in [0.4, 0.5) is 0 Å². The average molecular weight is 270 g/mol. The summed E-state index contributed by atoms with van der Waals surface area (Å²) >= 11 is 0. The van der Waals surface area contributed by atoms with Crippen LogP contribution in [0.3, 0.4) is 0 Å². The molecule has 1 aromatic heterocycles. The number of aryl methyl sites for hydroxylation is 1. The second kappa shape index (κ2) is 5.31. The molecule has 1 atom stereocenters. The summed E-state index contributed by atoms with van der Waals surface area (Å²) < 4.78 is 0. The first-order valence-electron chi connectivity index (χ1n) is 7.64. The number of fused-ring (bicyclic) bond motifs is 3. The quantitative estimate of drug-likeness (QED) is 0.911. The van der Waals surface area contributed by atoms with Crippen molar-refractivity contribution in [2.45, 2.75) is 39.0 Å². The highest BCUT2D eigenvalue weighted by Crippen LogP contribution is 2.36. The summed E-state index contributed by atoms with van der Waals surface area (Å²) in [6.45, 7) is 5.69. The predicted molar refractivity (Wildman–Crippen MR) is 81.9 cm³/mol. The zero-order valence-electron chi connectivity index (χ0n) is 12.3. The first-order valence-corrected chi connectivity index (χ1v) is 7.64. The van der Waals surface area contributed by atoms with Gasteiger partial charge in [0.05, 0.1) is 5.92 Å². The van der Waals surface area contributed by atoms with Gasteiger partial charge in [0.2, 0.25) is 5.91 Å².